The summed E-state index contributed by atoms with van der Waals surface area (Å²) in [6.45, 7) is 0. The predicted molar refractivity (Wildman–Crippen MR) is 89.8 cm³/mol. The van der Waals surface area contributed by atoms with Gasteiger partial charge in [0.1, 0.15) is 17.3 Å². The van der Waals surface area contributed by atoms with Gasteiger partial charge in [0, 0.05) is 17.0 Å². The van der Waals surface area contributed by atoms with Crippen molar-refractivity contribution in [2.24, 2.45) is 5.73 Å². The monoisotopic (exact) mass is 356 g/mol. The fourth-order valence-corrected chi connectivity index (χ4v) is 2.33. The Morgan fingerprint density at radius 1 is 1.12 bits per heavy atom. The van der Waals surface area contributed by atoms with Gasteiger partial charge in [0.2, 0.25) is 5.78 Å². The van der Waals surface area contributed by atoms with E-state index in [0.29, 0.717) is 16.9 Å². The van der Waals surface area contributed by atoms with Crippen LogP contribution in [-0.2, 0) is 4.79 Å². The average molecular weight is 356 g/mol. The summed E-state index contributed by atoms with van der Waals surface area (Å²) >= 11 is 0. The standard InChI is InChI=1S/C18H13FN2O5/c19-10-1-3-11(4-2-10)26-12-5-6-13-9(7-12)8-21-15(16(13)22)17(23)14(20)18(24)25/h1-8,14,22H,20H2,(H,24,25). The van der Waals surface area contributed by atoms with Gasteiger partial charge in [-0.2, -0.15) is 0 Å². The zero-order chi connectivity index (χ0) is 18.8. The summed E-state index contributed by atoms with van der Waals surface area (Å²) in [5.74, 6) is -2.53. The summed E-state index contributed by atoms with van der Waals surface area (Å²) in [5, 5.41) is 19.8. The largest absolute Gasteiger partial charge is 0.505 e. The molecule has 1 heterocycles. The third-order valence-electron chi connectivity index (χ3n) is 3.67. The van der Waals surface area contributed by atoms with Crippen LogP contribution in [0.15, 0.2) is 48.7 Å². The Hall–Kier alpha value is -3.52. The van der Waals surface area contributed by atoms with Gasteiger partial charge in [-0.05, 0) is 42.5 Å². The summed E-state index contributed by atoms with van der Waals surface area (Å²) in [6.07, 6.45) is 1.30. The average Bonchev–Trinajstić information content (AvgIpc) is 2.62. The summed E-state index contributed by atoms with van der Waals surface area (Å²) in [6, 6.07) is 8.23. The number of aromatic hydroxyl groups is 1. The lowest BCUT2D eigenvalue weighted by Gasteiger charge is -2.10. The van der Waals surface area contributed by atoms with Crippen LogP contribution in [0.25, 0.3) is 10.8 Å². The third-order valence-corrected chi connectivity index (χ3v) is 3.67. The number of rotatable bonds is 5. The molecule has 0 saturated carbocycles. The Balaban J connectivity index is 1.94. The van der Waals surface area contributed by atoms with Crippen LogP contribution in [0.1, 0.15) is 10.5 Å². The molecule has 1 aromatic heterocycles. The molecule has 0 aliphatic carbocycles. The van der Waals surface area contributed by atoms with E-state index in [1.54, 1.807) is 6.07 Å². The molecule has 7 nitrogen and oxygen atoms in total. The molecule has 0 bridgehead atoms. The summed E-state index contributed by atoms with van der Waals surface area (Å²) in [4.78, 5) is 26.7. The van der Waals surface area contributed by atoms with Gasteiger partial charge in [0.05, 0.1) is 0 Å². The minimum Gasteiger partial charge on any atom is -0.505 e. The van der Waals surface area contributed by atoms with Crippen molar-refractivity contribution in [1.29, 1.82) is 0 Å². The number of nitrogens with two attached hydrogens (primary N) is 1. The van der Waals surface area contributed by atoms with Crippen molar-refractivity contribution in [2.75, 3.05) is 0 Å². The van der Waals surface area contributed by atoms with E-state index in [2.05, 4.69) is 4.98 Å². The van der Waals surface area contributed by atoms with Gasteiger partial charge in [-0.25, -0.2) is 9.37 Å². The normalized spacial score (nSPS) is 11.9. The van der Waals surface area contributed by atoms with E-state index in [1.165, 1.54) is 42.6 Å². The molecule has 0 amide bonds. The van der Waals surface area contributed by atoms with Gasteiger partial charge in [0.15, 0.2) is 17.5 Å². The fraction of sp³-hybridized carbons (Fsp3) is 0.0556. The fourth-order valence-electron chi connectivity index (χ4n) is 2.33. The number of carbonyl (C=O) groups is 2. The Bertz CT molecular complexity index is 1000. The molecule has 0 spiro atoms. The number of hydrogen-bond donors (Lipinski definition) is 3. The van der Waals surface area contributed by atoms with Gasteiger partial charge in [0.25, 0.3) is 0 Å². The quantitative estimate of drug-likeness (QED) is 0.474. The lowest BCUT2D eigenvalue weighted by atomic mass is 10.1. The van der Waals surface area contributed by atoms with E-state index >= 15 is 0 Å². The number of carboxylic acids is 1. The van der Waals surface area contributed by atoms with E-state index in [9.17, 15) is 19.1 Å². The molecular weight excluding hydrogens is 343 g/mol. The molecule has 1 unspecified atom stereocenters. The van der Waals surface area contributed by atoms with Crippen LogP contribution in [0.4, 0.5) is 4.39 Å². The molecule has 0 aliphatic rings. The van der Waals surface area contributed by atoms with Crippen LogP contribution in [0.3, 0.4) is 0 Å². The first-order valence-corrected chi connectivity index (χ1v) is 7.44. The second-order valence-corrected chi connectivity index (χ2v) is 5.44. The van der Waals surface area contributed by atoms with Gasteiger partial charge in [-0.15, -0.1) is 0 Å². The highest BCUT2D eigenvalue weighted by molar-refractivity contribution is 6.13. The highest BCUT2D eigenvalue weighted by Gasteiger charge is 2.27. The van der Waals surface area contributed by atoms with Crippen LogP contribution < -0.4 is 10.5 Å². The second kappa shape index (κ2) is 6.77. The van der Waals surface area contributed by atoms with Gasteiger partial charge >= 0.3 is 5.97 Å². The number of aliphatic carboxylic acids is 1. The number of benzene rings is 2. The molecule has 0 aliphatic heterocycles. The summed E-state index contributed by atoms with van der Waals surface area (Å²) in [7, 11) is 0. The van der Waals surface area contributed by atoms with Crippen molar-refractivity contribution in [3.8, 4) is 17.2 Å². The van der Waals surface area contributed by atoms with Gasteiger partial charge in [-0.3, -0.25) is 9.59 Å². The third kappa shape index (κ3) is 3.31. The Labute approximate surface area is 146 Å². The Morgan fingerprint density at radius 2 is 1.77 bits per heavy atom. The smallest absolute Gasteiger partial charge is 0.328 e. The molecule has 3 rings (SSSR count). The lowest BCUT2D eigenvalue weighted by Crippen LogP contribution is -2.38. The number of carbonyl (C=O) groups excluding carboxylic acids is 1. The van der Waals surface area contributed by atoms with Crippen LogP contribution in [-0.4, -0.2) is 33.0 Å². The molecule has 0 radical (unpaired) electrons. The summed E-state index contributed by atoms with van der Waals surface area (Å²) < 4.78 is 18.5. The maximum absolute atomic E-state index is 12.9. The number of carboxylic acid groups (broad SMARTS) is 1. The first-order valence-electron chi connectivity index (χ1n) is 7.44. The van der Waals surface area contributed by atoms with Crippen LogP contribution in [0.2, 0.25) is 0 Å². The minimum absolute atomic E-state index is 0.285. The Kier molecular flexibility index (Phi) is 4.51. The number of aromatic nitrogens is 1. The van der Waals surface area contributed by atoms with Crippen LogP contribution in [0, 0.1) is 5.82 Å². The first-order chi connectivity index (χ1) is 12.4. The van der Waals surface area contributed by atoms with E-state index < -0.39 is 29.2 Å². The highest BCUT2D eigenvalue weighted by Crippen LogP contribution is 2.32. The number of fused-ring (bicyclic) bond motifs is 1. The Morgan fingerprint density at radius 3 is 2.42 bits per heavy atom. The minimum atomic E-state index is -1.81. The number of nitrogens with zero attached hydrogens (tertiary/aromatic N) is 1. The van der Waals surface area contributed by atoms with Gasteiger partial charge in [-0.1, -0.05) is 0 Å². The molecule has 132 valence electrons. The molecule has 8 heteroatoms. The summed E-state index contributed by atoms with van der Waals surface area (Å²) in [5.41, 5.74) is 4.86. The number of ketones is 1. The maximum Gasteiger partial charge on any atom is 0.328 e. The van der Waals surface area contributed by atoms with Crippen molar-refractivity contribution < 1.29 is 28.9 Å². The molecule has 0 saturated heterocycles. The molecule has 26 heavy (non-hydrogen) atoms. The molecule has 1 atom stereocenters. The van der Waals surface area contributed by atoms with Crippen molar-refractivity contribution >= 4 is 22.5 Å². The van der Waals surface area contributed by atoms with Crippen molar-refractivity contribution in [3.63, 3.8) is 0 Å². The maximum atomic E-state index is 12.9. The van der Waals surface area contributed by atoms with Gasteiger partial charge < -0.3 is 20.7 Å². The van der Waals surface area contributed by atoms with E-state index in [1.807, 2.05) is 0 Å². The van der Waals surface area contributed by atoms with Crippen LogP contribution >= 0.6 is 0 Å². The van der Waals surface area contributed by atoms with E-state index in [0.717, 1.165) is 0 Å². The van der Waals surface area contributed by atoms with Crippen LogP contribution in [0.5, 0.6) is 17.2 Å². The molecule has 4 N–H and O–H groups in total. The molecular formula is C18H13FN2O5. The van der Waals surface area contributed by atoms with E-state index in [4.69, 9.17) is 15.6 Å². The SMILES string of the molecule is NC(C(=O)O)C(=O)c1ncc2cc(Oc3ccc(F)cc3)ccc2c1O. The highest BCUT2D eigenvalue weighted by atomic mass is 19.1. The zero-order valence-electron chi connectivity index (χ0n) is 13.2. The molecule has 0 fully saturated rings. The second-order valence-electron chi connectivity index (χ2n) is 5.44. The number of Topliss-reactive ketones (excluding diaryl/α,β-unsaturated/α-hetero) is 1. The first kappa shape index (κ1) is 17.3. The number of halogens is 1. The number of pyridine rings is 1. The number of ether oxygens (including phenoxy) is 1. The topological polar surface area (TPSA) is 123 Å². The zero-order valence-corrected chi connectivity index (χ0v) is 13.2. The number of hydrogen-bond acceptors (Lipinski definition) is 6. The lowest BCUT2D eigenvalue weighted by molar-refractivity contribution is -0.137. The predicted octanol–water partition coefficient (Wildman–Crippen LogP) is 2.47. The molecule has 2 aromatic carbocycles. The molecule has 3 aromatic rings. The van der Waals surface area contributed by atoms with Crippen molar-refractivity contribution in [2.45, 2.75) is 6.04 Å². The van der Waals surface area contributed by atoms with Crippen molar-refractivity contribution in [3.05, 3.63) is 60.2 Å². The van der Waals surface area contributed by atoms with Crippen molar-refractivity contribution in [1.82, 2.24) is 4.98 Å². The van der Waals surface area contributed by atoms with E-state index in [-0.39, 0.29) is 11.2 Å².